The summed E-state index contributed by atoms with van der Waals surface area (Å²) in [6.45, 7) is 1.36. The van der Waals surface area contributed by atoms with Gasteiger partial charge in [0.1, 0.15) is 0 Å². The third-order valence-corrected chi connectivity index (χ3v) is 4.02. The summed E-state index contributed by atoms with van der Waals surface area (Å²) in [5, 5.41) is 8.74. The van der Waals surface area contributed by atoms with Gasteiger partial charge in [-0.05, 0) is 36.8 Å². The normalized spacial score (nSPS) is 11.8. The highest BCUT2D eigenvalue weighted by Gasteiger charge is 2.33. The lowest BCUT2D eigenvalue weighted by Gasteiger charge is -2.16. The number of anilines is 1. The summed E-state index contributed by atoms with van der Waals surface area (Å²) in [5.74, 6) is -0.823. The van der Waals surface area contributed by atoms with E-state index in [2.05, 4.69) is 15.5 Å². The maximum absolute atomic E-state index is 13.0. The Balaban J connectivity index is 2.31. The highest BCUT2D eigenvalue weighted by atomic mass is 32.1. The van der Waals surface area contributed by atoms with Crippen molar-refractivity contribution < 1.29 is 27.4 Å². The Hall–Kier alpha value is -2.24. The van der Waals surface area contributed by atoms with Crippen molar-refractivity contribution in [2.75, 3.05) is 19.5 Å². The number of methoxy groups -OCH3 is 2. The Morgan fingerprint density at radius 1 is 1.38 bits per heavy atom. The van der Waals surface area contributed by atoms with E-state index in [9.17, 15) is 18.0 Å². The van der Waals surface area contributed by atoms with E-state index in [1.54, 1.807) is 0 Å². The number of amides is 1. The minimum Gasteiger partial charge on any atom is -0.354 e. The number of H-pyrrole nitrogens is 1. The molecule has 11 heteroatoms. The SMILES string of the molecule is COC(Cn1c(C(=O)Nc2cccc(C(F)(F)F)c2C)n[nH]c1=S)OC. The van der Waals surface area contributed by atoms with Crippen molar-refractivity contribution in [2.24, 2.45) is 0 Å². The average Bonchev–Trinajstić information content (AvgIpc) is 2.94. The highest BCUT2D eigenvalue weighted by molar-refractivity contribution is 7.71. The van der Waals surface area contributed by atoms with E-state index in [-0.39, 0.29) is 28.4 Å². The van der Waals surface area contributed by atoms with Crippen molar-refractivity contribution in [2.45, 2.75) is 25.9 Å². The standard InChI is InChI=1S/C15H17F3N4O3S/c1-8-9(15(16,17)18)5-4-6-10(8)19-13(23)12-20-21-14(26)22(12)7-11(24-2)25-3/h4-6,11H,7H2,1-3H3,(H,19,23)(H,21,26). The van der Waals surface area contributed by atoms with Crippen molar-refractivity contribution in [1.29, 1.82) is 0 Å². The molecule has 0 bridgehead atoms. The number of hydrogen-bond acceptors (Lipinski definition) is 5. The summed E-state index contributed by atoms with van der Waals surface area (Å²) in [6, 6.07) is 3.54. The molecular formula is C15H17F3N4O3S. The summed E-state index contributed by atoms with van der Waals surface area (Å²) in [7, 11) is 2.84. The first kappa shape index (κ1) is 20.1. The largest absolute Gasteiger partial charge is 0.416 e. The van der Waals surface area contributed by atoms with Crippen LogP contribution in [0.2, 0.25) is 0 Å². The van der Waals surface area contributed by atoms with Gasteiger partial charge in [0.25, 0.3) is 5.91 Å². The van der Waals surface area contributed by atoms with Gasteiger partial charge in [-0.2, -0.15) is 13.2 Å². The van der Waals surface area contributed by atoms with Crippen LogP contribution in [0.1, 0.15) is 21.7 Å². The van der Waals surface area contributed by atoms with Crippen LogP contribution in [0.3, 0.4) is 0 Å². The van der Waals surface area contributed by atoms with Crippen molar-refractivity contribution >= 4 is 23.8 Å². The number of carbonyl (C=O) groups is 1. The number of halogens is 3. The van der Waals surface area contributed by atoms with Crippen molar-refractivity contribution in [1.82, 2.24) is 14.8 Å². The number of aromatic amines is 1. The Morgan fingerprint density at radius 3 is 2.62 bits per heavy atom. The predicted octanol–water partition coefficient (Wildman–Crippen LogP) is 3.14. The van der Waals surface area contributed by atoms with E-state index in [1.807, 2.05) is 0 Å². The number of aromatic nitrogens is 3. The van der Waals surface area contributed by atoms with Gasteiger partial charge in [0.05, 0.1) is 12.1 Å². The van der Waals surface area contributed by atoms with Gasteiger partial charge in [0.15, 0.2) is 11.1 Å². The third-order valence-electron chi connectivity index (χ3n) is 3.71. The van der Waals surface area contributed by atoms with Gasteiger partial charge in [-0.25, -0.2) is 0 Å². The van der Waals surface area contributed by atoms with E-state index in [0.29, 0.717) is 0 Å². The quantitative estimate of drug-likeness (QED) is 0.585. The predicted molar refractivity (Wildman–Crippen MR) is 89.4 cm³/mol. The molecule has 0 aliphatic rings. The van der Waals surface area contributed by atoms with Gasteiger partial charge in [0.2, 0.25) is 5.82 Å². The van der Waals surface area contributed by atoms with Crippen molar-refractivity contribution in [3.05, 3.63) is 39.9 Å². The molecule has 7 nitrogen and oxygen atoms in total. The zero-order valence-corrected chi connectivity index (χ0v) is 15.0. The van der Waals surface area contributed by atoms with E-state index in [4.69, 9.17) is 21.7 Å². The Bertz CT molecular complexity index is 843. The summed E-state index contributed by atoms with van der Waals surface area (Å²) < 4.78 is 50.6. The molecule has 1 amide bonds. The lowest BCUT2D eigenvalue weighted by Crippen LogP contribution is -2.25. The molecule has 0 radical (unpaired) electrons. The number of alkyl halides is 3. The maximum Gasteiger partial charge on any atom is 0.416 e. The number of nitrogens with one attached hydrogen (secondary N) is 2. The highest BCUT2D eigenvalue weighted by Crippen LogP contribution is 2.34. The molecule has 2 rings (SSSR count). The summed E-state index contributed by atoms with van der Waals surface area (Å²) in [6.07, 6.45) is -5.20. The van der Waals surface area contributed by atoms with Gasteiger partial charge in [-0.15, -0.1) is 5.10 Å². The second kappa shape index (κ2) is 7.98. The summed E-state index contributed by atoms with van der Waals surface area (Å²) in [4.78, 5) is 12.5. The van der Waals surface area contributed by atoms with Gasteiger partial charge in [-0.3, -0.25) is 14.5 Å². The van der Waals surface area contributed by atoms with Crippen LogP contribution in [0.5, 0.6) is 0 Å². The topological polar surface area (TPSA) is 81.2 Å². The number of nitrogens with zero attached hydrogens (tertiary/aromatic N) is 2. The molecular weight excluding hydrogens is 373 g/mol. The molecule has 0 spiro atoms. The monoisotopic (exact) mass is 390 g/mol. The minimum atomic E-state index is -4.52. The first-order valence-corrected chi connectivity index (χ1v) is 7.78. The minimum absolute atomic E-state index is 0.0281. The lowest BCUT2D eigenvalue weighted by atomic mass is 10.1. The van der Waals surface area contributed by atoms with Crippen LogP contribution in [0.15, 0.2) is 18.2 Å². The van der Waals surface area contributed by atoms with Crippen LogP contribution in [-0.4, -0.2) is 41.2 Å². The van der Waals surface area contributed by atoms with Gasteiger partial charge in [0, 0.05) is 19.9 Å². The second-order valence-corrected chi connectivity index (χ2v) is 5.68. The van der Waals surface area contributed by atoms with Crippen LogP contribution >= 0.6 is 12.2 Å². The van der Waals surface area contributed by atoms with Crippen molar-refractivity contribution in [3.63, 3.8) is 0 Å². The zero-order valence-electron chi connectivity index (χ0n) is 14.2. The Kier molecular flexibility index (Phi) is 6.16. The smallest absolute Gasteiger partial charge is 0.354 e. The van der Waals surface area contributed by atoms with E-state index < -0.39 is 23.9 Å². The fourth-order valence-electron chi connectivity index (χ4n) is 2.31. The molecule has 26 heavy (non-hydrogen) atoms. The van der Waals surface area contributed by atoms with Crippen LogP contribution < -0.4 is 5.32 Å². The number of benzene rings is 1. The van der Waals surface area contributed by atoms with Gasteiger partial charge >= 0.3 is 6.18 Å². The van der Waals surface area contributed by atoms with E-state index >= 15 is 0 Å². The van der Waals surface area contributed by atoms with Crippen LogP contribution in [-0.2, 0) is 22.2 Å². The molecule has 142 valence electrons. The van der Waals surface area contributed by atoms with Crippen LogP contribution in [0.4, 0.5) is 18.9 Å². The summed E-state index contributed by atoms with van der Waals surface area (Å²) >= 11 is 5.07. The zero-order chi connectivity index (χ0) is 19.5. The number of ether oxygens (including phenoxy) is 2. The molecule has 0 saturated heterocycles. The van der Waals surface area contributed by atoms with E-state index in [0.717, 1.165) is 6.07 Å². The van der Waals surface area contributed by atoms with Crippen LogP contribution in [0.25, 0.3) is 0 Å². The van der Waals surface area contributed by atoms with Crippen LogP contribution in [0, 0.1) is 11.7 Å². The molecule has 0 unspecified atom stereocenters. The lowest BCUT2D eigenvalue weighted by molar-refractivity contribution is -0.138. The molecule has 0 atom stereocenters. The molecule has 0 aliphatic carbocycles. The average molecular weight is 390 g/mol. The molecule has 1 aromatic heterocycles. The Morgan fingerprint density at radius 2 is 2.04 bits per heavy atom. The maximum atomic E-state index is 13.0. The molecule has 1 aromatic carbocycles. The summed E-state index contributed by atoms with van der Waals surface area (Å²) in [5.41, 5.74) is -0.894. The van der Waals surface area contributed by atoms with Gasteiger partial charge in [-0.1, -0.05) is 6.07 Å². The Labute approximate surface area is 152 Å². The molecule has 0 fully saturated rings. The first-order chi connectivity index (χ1) is 12.2. The number of rotatable bonds is 6. The fraction of sp³-hybridized carbons (Fsp3) is 0.400. The van der Waals surface area contributed by atoms with Crippen molar-refractivity contribution in [3.8, 4) is 0 Å². The van der Waals surface area contributed by atoms with E-state index in [1.165, 1.54) is 37.8 Å². The molecule has 0 aliphatic heterocycles. The fourth-order valence-corrected chi connectivity index (χ4v) is 2.52. The molecule has 1 heterocycles. The molecule has 2 N–H and O–H groups in total. The number of hydrogen-bond donors (Lipinski definition) is 2. The molecule has 0 saturated carbocycles. The second-order valence-electron chi connectivity index (χ2n) is 5.29. The first-order valence-electron chi connectivity index (χ1n) is 7.38. The third kappa shape index (κ3) is 4.29. The molecule has 2 aromatic rings. The number of carbonyl (C=O) groups excluding carboxylic acids is 1. The van der Waals surface area contributed by atoms with Gasteiger partial charge < -0.3 is 14.8 Å².